The summed E-state index contributed by atoms with van der Waals surface area (Å²) in [7, 11) is 0. The lowest BCUT2D eigenvalue weighted by atomic mass is 9.85. The SMILES string of the molecule is CCC1CCCC(OCc2ccnc(CN)c2)C1. The molecule has 0 saturated heterocycles. The molecule has 0 aromatic carbocycles. The normalized spacial score (nSPS) is 24.1. The van der Waals surface area contributed by atoms with Crippen molar-refractivity contribution in [3.63, 3.8) is 0 Å². The van der Waals surface area contributed by atoms with Gasteiger partial charge in [-0.3, -0.25) is 4.98 Å². The quantitative estimate of drug-likeness (QED) is 0.871. The van der Waals surface area contributed by atoms with E-state index in [-0.39, 0.29) is 0 Å². The summed E-state index contributed by atoms with van der Waals surface area (Å²) in [5.74, 6) is 0.862. The predicted molar refractivity (Wildman–Crippen MR) is 73.0 cm³/mol. The van der Waals surface area contributed by atoms with Gasteiger partial charge in [0.05, 0.1) is 18.4 Å². The van der Waals surface area contributed by atoms with Crippen LogP contribution < -0.4 is 5.73 Å². The number of aromatic nitrogens is 1. The van der Waals surface area contributed by atoms with Crippen molar-refractivity contribution >= 4 is 0 Å². The fourth-order valence-corrected chi connectivity index (χ4v) is 2.71. The number of pyridine rings is 1. The van der Waals surface area contributed by atoms with Gasteiger partial charge in [0, 0.05) is 12.7 Å². The molecule has 2 atom stereocenters. The van der Waals surface area contributed by atoms with Crippen LogP contribution in [0.25, 0.3) is 0 Å². The lowest BCUT2D eigenvalue weighted by Crippen LogP contribution is -2.22. The van der Waals surface area contributed by atoms with E-state index < -0.39 is 0 Å². The first-order valence-electron chi connectivity index (χ1n) is 7.07. The van der Waals surface area contributed by atoms with Crippen LogP contribution in [0, 0.1) is 5.92 Å². The lowest BCUT2D eigenvalue weighted by molar-refractivity contribution is 0.00172. The van der Waals surface area contributed by atoms with Gasteiger partial charge in [-0.15, -0.1) is 0 Å². The number of hydrogen-bond acceptors (Lipinski definition) is 3. The molecule has 0 spiro atoms. The van der Waals surface area contributed by atoms with E-state index in [0.29, 0.717) is 19.3 Å². The van der Waals surface area contributed by atoms with Crippen LogP contribution in [0.2, 0.25) is 0 Å². The average Bonchev–Trinajstić information content (AvgIpc) is 2.45. The Labute approximate surface area is 110 Å². The van der Waals surface area contributed by atoms with Crippen molar-refractivity contribution in [3.8, 4) is 0 Å². The van der Waals surface area contributed by atoms with Crippen LogP contribution in [0.3, 0.4) is 0 Å². The van der Waals surface area contributed by atoms with E-state index >= 15 is 0 Å². The Bertz CT molecular complexity index is 367. The van der Waals surface area contributed by atoms with Gasteiger partial charge in [-0.1, -0.05) is 26.2 Å². The van der Waals surface area contributed by atoms with Crippen LogP contribution in [0.1, 0.15) is 50.3 Å². The van der Waals surface area contributed by atoms with E-state index in [1.807, 2.05) is 18.3 Å². The van der Waals surface area contributed by atoms with Crippen molar-refractivity contribution in [1.82, 2.24) is 4.98 Å². The first-order chi connectivity index (χ1) is 8.81. The molecule has 3 nitrogen and oxygen atoms in total. The van der Waals surface area contributed by atoms with Crippen molar-refractivity contribution in [2.75, 3.05) is 0 Å². The Kier molecular flexibility index (Phi) is 5.14. The molecule has 1 aromatic heterocycles. The van der Waals surface area contributed by atoms with Gasteiger partial charge in [-0.05, 0) is 36.5 Å². The minimum Gasteiger partial charge on any atom is -0.374 e. The lowest BCUT2D eigenvalue weighted by Gasteiger charge is -2.28. The second-order valence-electron chi connectivity index (χ2n) is 5.23. The second kappa shape index (κ2) is 6.86. The molecule has 0 aliphatic heterocycles. The third-order valence-corrected chi connectivity index (χ3v) is 3.89. The largest absolute Gasteiger partial charge is 0.374 e. The van der Waals surface area contributed by atoms with Crippen molar-refractivity contribution in [3.05, 3.63) is 29.6 Å². The second-order valence-corrected chi connectivity index (χ2v) is 5.23. The Balaban J connectivity index is 1.83. The smallest absolute Gasteiger partial charge is 0.0721 e. The summed E-state index contributed by atoms with van der Waals surface area (Å²) in [5.41, 5.74) is 7.71. The number of nitrogens with zero attached hydrogens (tertiary/aromatic N) is 1. The first-order valence-corrected chi connectivity index (χ1v) is 7.07. The molecular formula is C15H24N2O. The van der Waals surface area contributed by atoms with Gasteiger partial charge < -0.3 is 10.5 Å². The van der Waals surface area contributed by atoms with Crippen molar-refractivity contribution in [2.45, 2.75) is 58.3 Å². The standard InChI is InChI=1S/C15H24N2O/c1-2-12-4-3-5-15(9-12)18-11-13-6-7-17-14(8-13)10-16/h6-8,12,15H,2-5,9-11,16H2,1H3. The third kappa shape index (κ3) is 3.79. The molecule has 1 saturated carbocycles. The van der Waals surface area contributed by atoms with Crippen molar-refractivity contribution in [1.29, 1.82) is 0 Å². The van der Waals surface area contributed by atoms with Gasteiger partial charge in [0.15, 0.2) is 0 Å². The molecule has 100 valence electrons. The summed E-state index contributed by atoms with van der Waals surface area (Å²) in [6, 6.07) is 4.05. The van der Waals surface area contributed by atoms with Gasteiger partial charge in [0.25, 0.3) is 0 Å². The van der Waals surface area contributed by atoms with E-state index in [1.165, 1.54) is 37.7 Å². The van der Waals surface area contributed by atoms with Crippen LogP contribution in [-0.2, 0) is 17.9 Å². The summed E-state index contributed by atoms with van der Waals surface area (Å²) >= 11 is 0. The average molecular weight is 248 g/mol. The van der Waals surface area contributed by atoms with Gasteiger partial charge in [0.2, 0.25) is 0 Å². The molecule has 0 radical (unpaired) electrons. The Hall–Kier alpha value is -0.930. The molecule has 2 rings (SSSR count). The number of hydrogen-bond donors (Lipinski definition) is 1. The highest BCUT2D eigenvalue weighted by molar-refractivity contribution is 5.15. The molecule has 0 amide bonds. The summed E-state index contributed by atoms with van der Waals surface area (Å²) in [4.78, 5) is 4.20. The molecule has 1 aliphatic rings. The highest BCUT2D eigenvalue weighted by Crippen LogP contribution is 2.28. The molecule has 1 fully saturated rings. The van der Waals surface area contributed by atoms with Crippen LogP contribution in [0.15, 0.2) is 18.3 Å². The summed E-state index contributed by atoms with van der Waals surface area (Å²) in [5, 5.41) is 0. The summed E-state index contributed by atoms with van der Waals surface area (Å²) < 4.78 is 6.03. The zero-order valence-electron chi connectivity index (χ0n) is 11.3. The fraction of sp³-hybridized carbons (Fsp3) is 0.667. The van der Waals surface area contributed by atoms with Gasteiger partial charge >= 0.3 is 0 Å². The maximum atomic E-state index is 6.03. The first kappa shape index (κ1) is 13.5. The molecule has 1 aliphatic carbocycles. The number of nitrogens with two attached hydrogens (primary N) is 1. The maximum Gasteiger partial charge on any atom is 0.0721 e. The Morgan fingerprint density at radius 3 is 3.11 bits per heavy atom. The summed E-state index contributed by atoms with van der Waals surface area (Å²) in [6.45, 7) is 3.47. The summed E-state index contributed by atoms with van der Waals surface area (Å²) in [6.07, 6.45) is 8.68. The van der Waals surface area contributed by atoms with Crippen molar-refractivity contribution < 1.29 is 4.74 Å². The van der Waals surface area contributed by atoms with Gasteiger partial charge in [-0.25, -0.2) is 0 Å². The molecule has 3 heteroatoms. The monoisotopic (exact) mass is 248 g/mol. The van der Waals surface area contributed by atoms with Gasteiger partial charge in [-0.2, -0.15) is 0 Å². The zero-order chi connectivity index (χ0) is 12.8. The van der Waals surface area contributed by atoms with E-state index in [1.54, 1.807) is 0 Å². The molecule has 18 heavy (non-hydrogen) atoms. The minimum atomic E-state index is 0.443. The highest BCUT2D eigenvalue weighted by Gasteiger charge is 2.21. The van der Waals surface area contributed by atoms with E-state index in [9.17, 15) is 0 Å². The van der Waals surface area contributed by atoms with Crippen LogP contribution in [0.4, 0.5) is 0 Å². The topological polar surface area (TPSA) is 48.1 Å². The van der Waals surface area contributed by atoms with Crippen molar-refractivity contribution in [2.24, 2.45) is 11.7 Å². The molecule has 1 aromatic rings. The van der Waals surface area contributed by atoms with Crippen LogP contribution in [0.5, 0.6) is 0 Å². The Morgan fingerprint density at radius 2 is 2.33 bits per heavy atom. The third-order valence-electron chi connectivity index (χ3n) is 3.89. The molecule has 2 unspecified atom stereocenters. The predicted octanol–water partition coefficient (Wildman–Crippen LogP) is 3.03. The molecular weight excluding hydrogens is 224 g/mol. The Morgan fingerprint density at radius 1 is 1.44 bits per heavy atom. The van der Waals surface area contributed by atoms with E-state index in [0.717, 1.165) is 11.6 Å². The molecule has 0 bridgehead atoms. The van der Waals surface area contributed by atoms with Crippen LogP contribution in [-0.4, -0.2) is 11.1 Å². The van der Waals surface area contributed by atoms with E-state index in [4.69, 9.17) is 10.5 Å². The number of ether oxygens (including phenoxy) is 1. The van der Waals surface area contributed by atoms with E-state index in [2.05, 4.69) is 11.9 Å². The fourth-order valence-electron chi connectivity index (χ4n) is 2.71. The van der Waals surface area contributed by atoms with Gasteiger partial charge in [0.1, 0.15) is 0 Å². The molecule has 1 heterocycles. The minimum absolute atomic E-state index is 0.443. The van der Waals surface area contributed by atoms with Crippen LogP contribution >= 0.6 is 0 Å². The zero-order valence-corrected chi connectivity index (χ0v) is 11.3. The maximum absolute atomic E-state index is 6.03. The molecule has 2 N–H and O–H groups in total. The number of rotatable bonds is 5. The highest BCUT2D eigenvalue weighted by atomic mass is 16.5.